The minimum atomic E-state index is 0.0315. The molecule has 0 saturated carbocycles. The highest BCUT2D eigenvalue weighted by Gasteiger charge is 2.22. The SMILES string of the molecule is CC1CCCN(c2cc(C(=O)NC3CSC3)ccn2)C1. The largest absolute Gasteiger partial charge is 0.356 e. The molecule has 2 saturated heterocycles. The van der Waals surface area contributed by atoms with E-state index in [1.54, 1.807) is 12.3 Å². The third-order valence-corrected chi connectivity index (χ3v) is 5.24. The molecule has 0 spiro atoms. The Morgan fingerprint density at radius 1 is 1.50 bits per heavy atom. The molecule has 1 atom stereocenters. The molecule has 3 heterocycles. The Bertz CT molecular complexity index is 490. The second-order valence-corrected chi connectivity index (χ2v) is 6.88. The lowest BCUT2D eigenvalue weighted by Gasteiger charge is -2.32. The van der Waals surface area contributed by atoms with Crippen LogP contribution in [0.3, 0.4) is 0 Å². The lowest BCUT2D eigenvalue weighted by molar-refractivity contribution is 0.0942. The normalized spacial score (nSPS) is 23.2. The Kier molecular flexibility index (Phi) is 4.15. The van der Waals surface area contributed by atoms with E-state index in [2.05, 4.69) is 22.1 Å². The van der Waals surface area contributed by atoms with Crippen LogP contribution in [-0.4, -0.2) is 41.5 Å². The van der Waals surface area contributed by atoms with Gasteiger partial charge < -0.3 is 10.2 Å². The number of rotatable bonds is 3. The predicted molar refractivity (Wildman–Crippen MR) is 83.4 cm³/mol. The summed E-state index contributed by atoms with van der Waals surface area (Å²) in [7, 11) is 0. The number of piperidine rings is 1. The van der Waals surface area contributed by atoms with Crippen LogP contribution in [0.2, 0.25) is 0 Å². The number of aromatic nitrogens is 1. The van der Waals surface area contributed by atoms with Crippen molar-refractivity contribution in [3.8, 4) is 0 Å². The lowest BCUT2D eigenvalue weighted by Crippen LogP contribution is -2.43. The molecule has 0 aliphatic carbocycles. The maximum Gasteiger partial charge on any atom is 0.251 e. The number of anilines is 1. The van der Waals surface area contributed by atoms with Crippen molar-refractivity contribution >= 4 is 23.5 Å². The van der Waals surface area contributed by atoms with Gasteiger partial charge in [-0.15, -0.1) is 0 Å². The summed E-state index contributed by atoms with van der Waals surface area (Å²) in [5.74, 6) is 3.74. The molecule has 0 radical (unpaired) electrons. The van der Waals surface area contributed by atoms with Gasteiger partial charge in [0.2, 0.25) is 0 Å². The van der Waals surface area contributed by atoms with Crippen LogP contribution in [0.5, 0.6) is 0 Å². The fraction of sp³-hybridized carbons (Fsp3) is 0.600. The Morgan fingerprint density at radius 2 is 2.35 bits per heavy atom. The molecule has 0 bridgehead atoms. The van der Waals surface area contributed by atoms with Gasteiger partial charge in [-0.05, 0) is 30.9 Å². The van der Waals surface area contributed by atoms with E-state index in [0.717, 1.165) is 36.0 Å². The summed E-state index contributed by atoms with van der Waals surface area (Å²) in [6.45, 7) is 4.36. The van der Waals surface area contributed by atoms with E-state index >= 15 is 0 Å². The second kappa shape index (κ2) is 6.04. The molecular weight excluding hydrogens is 270 g/mol. The van der Waals surface area contributed by atoms with Gasteiger partial charge in [0.15, 0.2) is 0 Å². The molecule has 1 amide bonds. The number of hydrogen-bond donors (Lipinski definition) is 1. The average Bonchev–Trinajstić information content (AvgIpc) is 2.43. The van der Waals surface area contributed by atoms with Crippen LogP contribution in [0.1, 0.15) is 30.1 Å². The molecule has 20 heavy (non-hydrogen) atoms. The zero-order valence-corrected chi connectivity index (χ0v) is 12.7. The zero-order chi connectivity index (χ0) is 13.9. The third-order valence-electron chi connectivity index (χ3n) is 3.96. The van der Waals surface area contributed by atoms with Crippen molar-refractivity contribution in [2.75, 3.05) is 29.5 Å². The maximum absolute atomic E-state index is 12.2. The van der Waals surface area contributed by atoms with Crippen LogP contribution in [0, 0.1) is 5.92 Å². The summed E-state index contributed by atoms with van der Waals surface area (Å²) in [4.78, 5) is 18.9. The first-order valence-electron chi connectivity index (χ1n) is 7.32. The molecule has 5 heteroatoms. The number of thioether (sulfide) groups is 1. The Hall–Kier alpha value is -1.23. The van der Waals surface area contributed by atoms with Crippen molar-refractivity contribution in [2.24, 2.45) is 5.92 Å². The van der Waals surface area contributed by atoms with E-state index in [4.69, 9.17) is 0 Å². The van der Waals surface area contributed by atoms with Crippen molar-refractivity contribution < 1.29 is 4.79 Å². The molecule has 1 unspecified atom stereocenters. The number of carbonyl (C=O) groups excluding carboxylic acids is 1. The van der Waals surface area contributed by atoms with E-state index in [9.17, 15) is 4.79 Å². The number of nitrogens with zero attached hydrogens (tertiary/aromatic N) is 2. The van der Waals surface area contributed by atoms with Gasteiger partial charge in [-0.2, -0.15) is 11.8 Å². The van der Waals surface area contributed by atoms with Crippen molar-refractivity contribution in [2.45, 2.75) is 25.8 Å². The predicted octanol–water partition coefficient (Wildman–Crippen LogP) is 2.16. The van der Waals surface area contributed by atoms with Gasteiger partial charge in [-0.3, -0.25) is 4.79 Å². The van der Waals surface area contributed by atoms with Gasteiger partial charge >= 0.3 is 0 Å². The topological polar surface area (TPSA) is 45.2 Å². The first-order valence-corrected chi connectivity index (χ1v) is 8.47. The molecule has 4 nitrogen and oxygen atoms in total. The minimum absolute atomic E-state index is 0.0315. The van der Waals surface area contributed by atoms with Crippen molar-refractivity contribution in [3.05, 3.63) is 23.9 Å². The molecule has 1 aromatic heterocycles. The van der Waals surface area contributed by atoms with Gasteiger partial charge in [0.25, 0.3) is 5.91 Å². The first kappa shape index (κ1) is 13.7. The fourth-order valence-corrected chi connectivity index (χ4v) is 3.36. The monoisotopic (exact) mass is 291 g/mol. The van der Waals surface area contributed by atoms with Gasteiger partial charge in [-0.25, -0.2) is 4.98 Å². The van der Waals surface area contributed by atoms with E-state index in [0.29, 0.717) is 12.0 Å². The molecule has 1 aromatic rings. The Balaban J connectivity index is 1.69. The van der Waals surface area contributed by atoms with E-state index in [-0.39, 0.29) is 5.91 Å². The van der Waals surface area contributed by atoms with Crippen LogP contribution in [0.25, 0.3) is 0 Å². The Labute approximate surface area is 124 Å². The quantitative estimate of drug-likeness (QED) is 0.927. The third kappa shape index (κ3) is 3.08. The summed E-state index contributed by atoms with van der Waals surface area (Å²) >= 11 is 1.87. The molecule has 2 aliphatic heterocycles. The smallest absolute Gasteiger partial charge is 0.251 e. The van der Waals surface area contributed by atoms with Crippen LogP contribution < -0.4 is 10.2 Å². The minimum Gasteiger partial charge on any atom is -0.356 e. The summed E-state index contributed by atoms with van der Waals surface area (Å²) in [5.41, 5.74) is 0.727. The van der Waals surface area contributed by atoms with Crippen molar-refractivity contribution in [3.63, 3.8) is 0 Å². The van der Waals surface area contributed by atoms with Crippen LogP contribution in [-0.2, 0) is 0 Å². The van der Waals surface area contributed by atoms with Crippen LogP contribution in [0.15, 0.2) is 18.3 Å². The van der Waals surface area contributed by atoms with Gasteiger partial charge in [0.1, 0.15) is 5.82 Å². The molecule has 2 aliphatic rings. The Morgan fingerprint density at radius 3 is 3.05 bits per heavy atom. The number of hydrogen-bond acceptors (Lipinski definition) is 4. The highest BCUT2D eigenvalue weighted by Crippen LogP contribution is 2.22. The van der Waals surface area contributed by atoms with Crippen molar-refractivity contribution in [1.82, 2.24) is 10.3 Å². The zero-order valence-electron chi connectivity index (χ0n) is 11.8. The van der Waals surface area contributed by atoms with Crippen LogP contribution >= 0.6 is 11.8 Å². The summed E-state index contributed by atoms with van der Waals surface area (Å²) in [5, 5.41) is 3.07. The number of nitrogens with one attached hydrogen (secondary N) is 1. The highest BCUT2D eigenvalue weighted by atomic mass is 32.2. The van der Waals surface area contributed by atoms with E-state index in [1.807, 2.05) is 17.8 Å². The summed E-state index contributed by atoms with van der Waals surface area (Å²) < 4.78 is 0. The van der Waals surface area contributed by atoms with E-state index in [1.165, 1.54) is 12.8 Å². The lowest BCUT2D eigenvalue weighted by atomic mass is 10.0. The second-order valence-electron chi connectivity index (χ2n) is 5.80. The van der Waals surface area contributed by atoms with Gasteiger partial charge in [0, 0.05) is 42.4 Å². The molecule has 3 rings (SSSR count). The summed E-state index contributed by atoms with van der Waals surface area (Å²) in [6, 6.07) is 4.08. The van der Waals surface area contributed by atoms with Gasteiger partial charge in [-0.1, -0.05) is 6.92 Å². The first-order chi connectivity index (χ1) is 9.72. The standard InChI is InChI=1S/C15H21N3OS/c1-11-3-2-6-18(8-11)14-7-12(4-5-16-14)15(19)17-13-9-20-10-13/h4-5,7,11,13H,2-3,6,8-10H2,1H3,(H,17,19). The molecular formula is C15H21N3OS. The van der Waals surface area contributed by atoms with Crippen molar-refractivity contribution in [1.29, 1.82) is 0 Å². The fourth-order valence-electron chi connectivity index (χ4n) is 2.72. The van der Waals surface area contributed by atoms with Crippen LogP contribution in [0.4, 0.5) is 5.82 Å². The average molecular weight is 291 g/mol. The molecule has 0 aromatic carbocycles. The number of amides is 1. The van der Waals surface area contributed by atoms with Gasteiger partial charge in [0.05, 0.1) is 0 Å². The highest BCUT2D eigenvalue weighted by molar-refractivity contribution is 8.00. The maximum atomic E-state index is 12.2. The van der Waals surface area contributed by atoms with E-state index < -0.39 is 0 Å². The summed E-state index contributed by atoms with van der Waals surface area (Å²) in [6.07, 6.45) is 4.24. The molecule has 2 fully saturated rings. The molecule has 108 valence electrons. The number of pyridine rings is 1. The number of carbonyl (C=O) groups is 1. The molecule has 1 N–H and O–H groups in total.